The van der Waals surface area contributed by atoms with Crippen molar-refractivity contribution >= 4 is 17.5 Å². The summed E-state index contributed by atoms with van der Waals surface area (Å²) in [5, 5.41) is 0.486. The van der Waals surface area contributed by atoms with E-state index in [4.69, 9.17) is 21.1 Å². The van der Waals surface area contributed by atoms with Gasteiger partial charge in [-0.25, -0.2) is 0 Å². The minimum Gasteiger partial charge on any atom is -0.377 e. The second-order valence-electron chi connectivity index (χ2n) is 6.98. The first-order valence-electron chi connectivity index (χ1n) is 8.43. The molecule has 2 atom stereocenters. The van der Waals surface area contributed by atoms with Crippen LogP contribution in [-0.4, -0.2) is 74.4 Å². The van der Waals surface area contributed by atoms with Crippen molar-refractivity contribution in [2.45, 2.75) is 24.5 Å². The molecule has 1 aromatic carbocycles. The molecule has 0 unspecified atom stereocenters. The molecular weight excluding hydrogens is 328 g/mol. The van der Waals surface area contributed by atoms with Crippen molar-refractivity contribution in [2.24, 2.45) is 0 Å². The largest absolute Gasteiger partial charge is 0.377 e. The van der Waals surface area contributed by atoms with Crippen LogP contribution in [0.15, 0.2) is 24.3 Å². The number of nitrogens with zero attached hydrogens (tertiary/aromatic N) is 2. The van der Waals surface area contributed by atoms with Gasteiger partial charge < -0.3 is 19.3 Å². The summed E-state index contributed by atoms with van der Waals surface area (Å²) in [6.07, 6.45) is 2.10. The SMILES string of the molecule is CN(C)C[C@@H]1CC[C@@]2(COCCN(C(=O)c3ccccc3Cl)C2)O1. The van der Waals surface area contributed by atoms with Crippen molar-refractivity contribution in [1.29, 1.82) is 0 Å². The van der Waals surface area contributed by atoms with Crippen molar-refractivity contribution in [2.75, 3.05) is 46.9 Å². The van der Waals surface area contributed by atoms with Crippen molar-refractivity contribution in [1.82, 2.24) is 9.80 Å². The Morgan fingerprint density at radius 2 is 2.21 bits per heavy atom. The first-order valence-corrected chi connectivity index (χ1v) is 8.81. The lowest BCUT2D eigenvalue weighted by Crippen LogP contribution is -2.47. The first-order chi connectivity index (χ1) is 11.5. The number of benzene rings is 1. The number of carbonyl (C=O) groups excluding carboxylic acids is 1. The predicted molar refractivity (Wildman–Crippen MR) is 93.6 cm³/mol. The summed E-state index contributed by atoms with van der Waals surface area (Å²) in [4.78, 5) is 16.9. The molecule has 0 aromatic heterocycles. The first kappa shape index (κ1) is 17.7. The third-order valence-electron chi connectivity index (χ3n) is 4.65. The molecule has 0 bridgehead atoms. The standard InChI is InChI=1S/C18H25ClN2O3/c1-20(2)11-14-7-8-18(24-14)12-21(9-10-23-13-18)17(22)15-5-3-4-6-16(15)19/h3-6,14H,7-13H2,1-2H3/t14-,18+/m0/s1. The molecule has 0 aliphatic carbocycles. The van der Waals surface area contributed by atoms with Crippen LogP contribution in [0.5, 0.6) is 0 Å². The molecular formula is C18H25ClN2O3. The molecule has 24 heavy (non-hydrogen) atoms. The van der Waals surface area contributed by atoms with Gasteiger partial charge in [0.1, 0.15) is 5.60 Å². The zero-order valence-corrected chi connectivity index (χ0v) is 15.1. The second kappa shape index (κ2) is 7.40. The zero-order valence-electron chi connectivity index (χ0n) is 14.3. The Kier molecular flexibility index (Phi) is 5.45. The Labute approximate surface area is 148 Å². The van der Waals surface area contributed by atoms with Crippen LogP contribution in [0.2, 0.25) is 5.02 Å². The van der Waals surface area contributed by atoms with Crippen LogP contribution < -0.4 is 0 Å². The zero-order chi connectivity index (χ0) is 17.2. The fraction of sp³-hybridized carbons (Fsp3) is 0.611. The van der Waals surface area contributed by atoms with Gasteiger partial charge in [-0.15, -0.1) is 0 Å². The number of likely N-dealkylation sites (N-methyl/N-ethyl adjacent to an activating group) is 1. The van der Waals surface area contributed by atoms with Gasteiger partial charge >= 0.3 is 0 Å². The smallest absolute Gasteiger partial charge is 0.255 e. The highest BCUT2D eigenvalue weighted by atomic mass is 35.5. The van der Waals surface area contributed by atoms with Crippen molar-refractivity contribution in [3.8, 4) is 0 Å². The van der Waals surface area contributed by atoms with E-state index in [0.717, 1.165) is 19.4 Å². The molecule has 6 heteroatoms. The molecule has 5 nitrogen and oxygen atoms in total. The molecule has 1 aromatic rings. The molecule has 3 rings (SSSR count). The predicted octanol–water partition coefficient (Wildman–Crippen LogP) is 2.29. The Balaban J connectivity index is 1.74. The van der Waals surface area contributed by atoms with Gasteiger partial charge in [0.05, 0.1) is 36.4 Å². The summed E-state index contributed by atoms with van der Waals surface area (Å²) in [7, 11) is 4.09. The van der Waals surface area contributed by atoms with Gasteiger partial charge in [0, 0.05) is 13.1 Å². The van der Waals surface area contributed by atoms with Gasteiger partial charge in [-0.3, -0.25) is 4.79 Å². The third kappa shape index (κ3) is 3.91. The van der Waals surface area contributed by atoms with Crippen LogP contribution in [0.4, 0.5) is 0 Å². The number of hydrogen-bond acceptors (Lipinski definition) is 4. The van der Waals surface area contributed by atoms with Crippen LogP contribution >= 0.6 is 11.6 Å². The Bertz CT molecular complexity index is 595. The molecule has 132 valence electrons. The van der Waals surface area contributed by atoms with Crippen LogP contribution in [0.3, 0.4) is 0 Å². The molecule has 2 heterocycles. The van der Waals surface area contributed by atoms with Crippen LogP contribution in [0.1, 0.15) is 23.2 Å². The number of amides is 1. The summed E-state index contributed by atoms with van der Waals surface area (Å²) in [6.45, 7) is 3.08. The van der Waals surface area contributed by atoms with Gasteiger partial charge in [-0.2, -0.15) is 0 Å². The highest BCUT2D eigenvalue weighted by Crippen LogP contribution is 2.34. The molecule has 2 aliphatic heterocycles. The summed E-state index contributed by atoms with van der Waals surface area (Å²) in [5.74, 6) is -0.0508. The minimum absolute atomic E-state index is 0.0508. The molecule has 2 saturated heterocycles. The van der Waals surface area contributed by atoms with Gasteiger partial charge in [0.2, 0.25) is 0 Å². The highest BCUT2D eigenvalue weighted by Gasteiger charge is 2.44. The maximum atomic E-state index is 12.9. The average molecular weight is 353 g/mol. The van der Waals surface area contributed by atoms with Gasteiger partial charge in [0.15, 0.2) is 0 Å². The maximum absolute atomic E-state index is 12.9. The van der Waals surface area contributed by atoms with E-state index in [1.807, 2.05) is 31.1 Å². The van der Waals surface area contributed by atoms with E-state index in [1.54, 1.807) is 12.1 Å². The van der Waals surface area contributed by atoms with E-state index in [1.165, 1.54) is 0 Å². The second-order valence-corrected chi connectivity index (χ2v) is 7.39. The van der Waals surface area contributed by atoms with E-state index < -0.39 is 5.60 Å². The monoisotopic (exact) mass is 352 g/mol. The number of halogens is 1. The van der Waals surface area contributed by atoms with Crippen LogP contribution in [0.25, 0.3) is 0 Å². The number of hydrogen-bond donors (Lipinski definition) is 0. The summed E-state index contributed by atoms with van der Waals surface area (Å²) < 4.78 is 12.1. The fourth-order valence-corrected chi connectivity index (χ4v) is 3.75. The minimum atomic E-state index is -0.395. The normalized spacial score (nSPS) is 27.7. The molecule has 1 spiro atoms. The van der Waals surface area contributed by atoms with Crippen molar-refractivity contribution in [3.05, 3.63) is 34.9 Å². The van der Waals surface area contributed by atoms with Crippen LogP contribution in [-0.2, 0) is 9.47 Å². The topological polar surface area (TPSA) is 42.0 Å². The quantitative estimate of drug-likeness (QED) is 0.837. The average Bonchev–Trinajstić information content (AvgIpc) is 2.79. The lowest BCUT2D eigenvalue weighted by Gasteiger charge is -2.32. The van der Waals surface area contributed by atoms with Crippen LogP contribution in [0, 0.1) is 0 Å². The van der Waals surface area contributed by atoms with E-state index in [-0.39, 0.29) is 12.0 Å². The van der Waals surface area contributed by atoms with Gasteiger partial charge in [0.25, 0.3) is 5.91 Å². The Morgan fingerprint density at radius 3 is 2.96 bits per heavy atom. The Morgan fingerprint density at radius 1 is 1.42 bits per heavy atom. The lowest BCUT2D eigenvalue weighted by molar-refractivity contribution is -0.0878. The van der Waals surface area contributed by atoms with Crippen molar-refractivity contribution < 1.29 is 14.3 Å². The van der Waals surface area contributed by atoms with Gasteiger partial charge in [-0.1, -0.05) is 23.7 Å². The van der Waals surface area contributed by atoms with Crippen molar-refractivity contribution in [3.63, 3.8) is 0 Å². The highest BCUT2D eigenvalue weighted by molar-refractivity contribution is 6.33. The van der Waals surface area contributed by atoms with E-state index in [9.17, 15) is 4.79 Å². The number of ether oxygens (including phenoxy) is 2. The fourth-order valence-electron chi connectivity index (χ4n) is 3.54. The maximum Gasteiger partial charge on any atom is 0.255 e. The van der Waals surface area contributed by atoms with E-state index in [2.05, 4.69) is 4.90 Å². The summed E-state index contributed by atoms with van der Waals surface area (Å²) >= 11 is 6.20. The number of carbonyl (C=O) groups is 1. The molecule has 0 N–H and O–H groups in total. The van der Waals surface area contributed by atoms with E-state index >= 15 is 0 Å². The van der Waals surface area contributed by atoms with E-state index in [0.29, 0.717) is 36.9 Å². The van der Waals surface area contributed by atoms with Gasteiger partial charge in [-0.05, 0) is 39.1 Å². The molecule has 2 fully saturated rings. The number of rotatable bonds is 3. The lowest BCUT2D eigenvalue weighted by atomic mass is 9.99. The molecule has 1 amide bonds. The molecule has 2 aliphatic rings. The summed E-state index contributed by atoms with van der Waals surface area (Å²) in [6, 6.07) is 7.19. The summed E-state index contributed by atoms with van der Waals surface area (Å²) in [5.41, 5.74) is 0.146. The third-order valence-corrected chi connectivity index (χ3v) is 4.98. The Hall–Kier alpha value is -1.14. The molecule has 0 radical (unpaired) electrons. The molecule has 0 saturated carbocycles.